The van der Waals surface area contributed by atoms with Crippen molar-refractivity contribution >= 4 is 11.6 Å². The van der Waals surface area contributed by atoms with Crippen LogP contribution < -0.4 is 0 Å². The van der Waals surface area contributed by atoms with Gasteiger partial charge in [0.25, 0.3) is 0 Å². The van der Waals surface area contributed by atoms with Gasteiger partial charge in [0.15, 0.2) is 0 Å². The fourth-order valence-corrected chi connectivity index (χ4v) is 3.03. The number of hydrogen-bond donors (Lipinski definition) is 1. The molecule has 0 unspecified atom stereocenters. The Morgan fingerprint density at radius 2 is 2.00 bits per heavy atom. The molecule has 1 aliphatic rings. The van der Waals surface area contributed by atoms with E-state index in [1.165, 1.54) is 12.4 Å². The summed E-state index contributed by atoms with van der Waals surface area (Å²) in [6, 6.07) is 0. The molecule has 0 spiro atoms. The zero-order valence-corrected chi connectivity index (χ0v) is 10.5. The molecule has 1 aromatic heterocycles. The highest BCUT2D eigenvalue weighted by atomic mass is 35.5. The fraction of sp³-hybridized carbons (Fsp3) is 0.615. The third-order valence-corrected chi connectivity index (χ3v) is 3.98. The van der Waals surface area contributed by atoms with Gasteiger partial charge in [0.05, 0.1) is 11.2 Å². The summed E-state index contributed by atoms with van der Waals surface area (Å²) in [5.74, 6) is 0.503. The summed E-state index contributed by atoms with van der Waals surface area (Å²) in [6.45, 7) is 0.250. The van der Waals surface area contributed by atoms with Gasteiger partial charge in [-0.2, -0.15) is 0 Å². The van der Waals surface area contributed by atoms with Crippen LogP contribution in [0.5, 0.6) is 0 Å². The molecule has 4 heteroatoms. The lowest BCUT2D eigenvalue weighted by atomic mass is 9.78. The van der Waals surface area contributed by atoms with Crippen LogP contribution in [-0.2, 0) is 0 Å². The smallest absolute Gasteiger partial charge is 0.146 e. The Balaban J connectivity index is 2.05. The molecule has 1 N–H and O–H groups in total. The molecule has 0 aromatic carbocycles. The van der Waals surface area contributed by atoms with Crippen LogP contribution in [0.2, 0.25) is 5.02 Å². The molecule has 2 nitrogen and oxygen atoms in total. The third kappa shape index (κ3) is 2.96. The summed E-state index contributed by atoms with van der Waals surface area (Å²) in [4.78, 5) is 3.74. The molecule has 0 bridgehead atoms. The number of hydrogen-bond acceptors (Lipinski definition) is 2. The van der Waals surface area contributed by atoms with Crippen molar-refractivity contribution in [3.63, 3.8) is 0 Å². The van der Waals surface area contributed by atoms with Gasteiger partial charge in [0.2, 0.25) is 0 Å². The number of aromatic nitrogens is 1. The summed E-state index contributed by atoms with van der Waals surface area (Å²) in [5.41, 5.74) is 0.629. The SMILES string of the molecule is OCCC1CCC(c2c(F)cncc2Cl)CC1. The Morgan fingerprint density at radius 1 is 1.29 bits per heavy atom. The van der Waals surface area contributed by atoms with E-state index >= 15 is 0 Å². The molecule has 2 rings (SSSR count). The first-order valence-electron chi connectivity index (χ1n) is 6.12. The summed E-state index contributed by atoms with van der Waals surface area (Å²) in [6.07, 6.45) is 7.60. The molecule has 0 aliphatic heterocycles. The van der Waals surface area contributed by atoms with Crippen LogP contribution in [0.4, 0.5) is 4.39 Å². The van der Waals surface area contributed by atoms with Gasteiger partial charge < -0.3 is 5.11 Å². The second kappa shape index (κ2) is 5.78. The zero-order valence-electron chi connectivity index (χ0n) is 9.70. The molecule has 1 aliphatic carbocycles. The number of nitrogens with zero attached hydrogens (tertiary/aromatic N) is 1. The molecule has 1 fully saturated rings. The van der Waals surface area contributed by atoms with Gasteiger partial charge in [-0.15, -0.1) is 0 Å². The maximum atomic E-state index is 13.7. The fourth-order valence-electron chi connectivity index (χ4n) is 2.73. The molecule has 0 radical (unpaired) electrons. The average Bonchev–Trinajstić information content (AvgIpc) is 2.31. The van der Waals surface area contributed by atoms with E-state index in [1.807, 2.05) is 0 Å². The highest BCUT2D eigenvalue weighted by Gasteiger charge is 2.25. The minimum absolute atomic E-state index is 0.209. The lowest BCUT2D eigenvalue weighted by Gasteiger charge is -2.28. The van der Waals surface area contributed by atoms with E-state index < -0.39 is 0 Å². The normalized spacial score (nSPS) is 24.9. The lowest BCUT2D eigenvalue weighted by Crippen LogP contribution is -2.15. The molecular formula is C13H17ClFNO. The molecule has 1 heterocycles. The van der Waals surface area contributed by atoms with Gasteiger partial charge in [-0.25, -0.2) is 4.39 Å². The van der Waals surface area contributed by atoms with E-state index in [9.17, 15) is 4.39 Å². The topological polar surface area (TPSA) is 33.1 Å². The molecule has 17 heavy (non-hydrogen) atoms. The molecule has 1 saturated carbocycles. The van der Waals surface area contributed by atoms with Crippen molar-refractivity contribution in [1.82, 2.24) is 4.98 Å². The minimum atomic E-state index is -0.289. The summed E-state index contributed by atoms with van der Waals surface area (Å²) in [5, 5.41) is 9.34. The van der Waals surface area contributed by atoms with E-state index in [2.05, 4.69) is 4.98 Å². The Labute approximate surface area is 106 Å². The highest BCUT2D eigenvalue weighted by molar-refractivity contribution is 6.31. The van der Waals surface area contributed by atoms with Gasteiger partial charge in [0.1, 0.15) is 5.82 Å². The molecule has 0 amide bonds. The van der Waals surface area contributed by atoms with Crippen molar-refractivity contribution in [3.05, 3.63) is 28.8 Å². The summed E-state index contributed by atoms with van der Waals surface area (Å²) < 4.78 is 13.7. The molecule has 1 aromatic rings. The van der Waals surface area contributed by atoms with Gasteiger partial charge in [0, 0.05) is 18.4 Å². The summed E-state index contributed by atoms with van der Waals surface area (Å²) >= 11 is 6.02. The van der Waals surface area contributed by atoms with E-state index in [0.717, 1.165) is 32.1 Å². The van der Waals surface area contributed by atoms with Crippen LogP contribution in [0.15, 0.2) is 12.4 Å². The molecule has 0 saturated heterocycles. The number of pyridine rings is 1. The Hall–Kier alpha value is -0.670. The predicted octanol–water partition coefficient (Wildman–Crippen LogP) is 3.53. The highest BCUT2D eigenvalue weighted by Crippen LogP contribution is 2.40. The van der Waals surface area contributed by atoms with Crippen LogP contribution in [0, 0.1) is 11.7 Å². The standard InChI is InChI=1S/C13H17ClFNO/c14-11-7-16-8-12(15)13(11)10-3-1-9(2-4-10)5-6-17/h7-10,17H,1-6H2. The van der Waals surface area contributed by atoms with Crippen LogP contribution in [0.1, 0.15) is 43.6 Å². The lowest BCUT2D eigenvalue weighted by molar-refractivity contribution is 0.221. The Kier molecular flexibility index (Phi) is 4.35. The second-order valence-electron chi connectivity index (χ2n) is 4.75. The van der Waals surface area contributed by atoms with Gasteiger partial charge in [-0.3, -0.25) is 4.98 Å². The predicted molar refractivity (Wildman–Crippen MR) is 65.6 cm³/mol. The quantitative estimate of drug-likeness (QED) is 0.899. The molecule has 0 atom stereocenters. The van der Waals surface area contributed by atoms with Crippen molar-refractivity contribution < 1.29 is 9.50 Å². The van der Waals surface area contributed by atoms with Crippen LogP contribution in [-0.4, -0.2) is 16.7 Å². The first kappa shape index (κ1) is 12.8. The van der Waals surface area contributed by atoms with Gasteiger partial charge in [-0.05, 0) is 43.9 Å². The van der Waals surface area contributed by atoms with Crippen molar-refractivity contribution in [2.45, 2.75) is 38.0 Å². The number of aliphatic hydroxyl groups is 1. The maximum Gasteiger partial charge on any atom is 0.146 e. The monoisotopic (exact) mass is 257 g/mol. The van der Waals surface area contributed by atoms with E-state index in [-0.39, 0.29) is 18.3 Å². The Bertz CT molecular complexity index is 357. The van der Waals surface area contributed by atoms with E-state index in [1.54, 1.807) is 0 Å². The average molecular weight is 258 g/mol. The number of halogens is 2. The van der Waals surface area contributed by atoms with Crippen molar-refractivity contribution in [2.75, 3.05) is 6.61 Å². The van der Waals surface area contributed by atoms with Crippen LogP contribution in [0.3, 0.4) is 0 Å². The second-order valence-corrected chi connectivity index (χ2v) is 5.15. The number of aliphatic hydroxyl groups excluding tert-OH is 1. The van der Waals surface area contributed by atoms with Crippen LogP contribution in [0.25, 0.3) is 0 Å². The van der Waals surface area contributed by atoms with Crippen molar-refractivity contribution in [1.29, 1.82) is 0 Å². The van der Waals surface area contributed by atoms with Gasteiger partial charge in [-0.1, -0.05) is 11.6 Å². The zero-order chi connectivity index (χ0) is 12.3. The summed E-state index contributed by atoms with van der Waals surface area (Å²) in [7, 11) is 0. The Morgan fingerprint density at radius 3 is 2.59 bits per heavy atom. The van der Waals surface area contributed by atoms with E-state index in [4.69, 9.17) is 16.7 Å². The van der Waals surface area contributed by atoms with Gasteiger partial charge >= 0.3 is 0 Å². The molecular weight excluding hydrogens is 241 g/mol. The first-order valence-corrected chi connectivity index (χ1v) is 6.50. The maximum absolute atomic E-state index is 13.7. The van der Waals surface area contributed by atoms with Crippen molar-refractivity contribution in [3.8, 4) is 0 Å². The van der Waals surface area contributed by atoms with E-state index in [0.29, 0.717) is 16.5 Å². The minimum Gasteiger partial charge on any atom is -0.396 e. The van der Waals surface area contributed by atoms with Crippen LogP contribution >= 0.6 is 11.6 Å². The first-order chi connectivity index (χ1) is 8.22. The molecule has 94 valence electrons. The largest absolute Gasteiger partial charge is 0.396 e. The number of rotatable bonds is 3. The third-order valence-electron chi connectivity index (χ3n) is 3.68. The van der Waals surface area contributed by atoms with Crippen molar-refractivity contribution in [2.24, 2.45) is 5.92 Å².